The summed E-state index contributed by atoms with van der Waals surface area (Å²) in [6.45, 7) is 2.03. The molecule has 1 aromatic carbocycles. The Morgan fingerprint density at radius 3 is 2.69 bits per heavy atom. The van der Waals surface area contributed by atoms with E-state index in [4.69, 9.17) is 0 Å². The zero-order valence-corrected chi connectivity index (χ0v) is 9.10. The fourth-order valence-corrected chi connectivity index (χ4v) is 2.16. The Hall–Kier alpha value is -0.630. The molecule has 2 heteroatoms. The summed E-state index contributed by atoms with van der Waals surface area (Å²) in [7, 11) is 0. The van der Waals surface area contributed by atoms with Gasteiger partial charge in [0, 0.05) is 10.0 Å². The van der Waals surface area contributed by atoms with E-state index in [-0.39, 0.29) is 0 Å². The summed E-state index contributed by atoms with van der Waals surface area (Å²) in [5, 5.41) is 0. The summed E-state index contributed by atoms with van der Waals surface area (Å²) in [6, 6.07) is 4.02. The minimum atomic E-state index is 0.705. The number of carbonyl (C=O) groups is 1. The van der Waals surface area contributed by atoms with Gasteiger partial charge in [-0.1, -0.05) is 15.9 Å². The molecule has 68 valence electrons. The normalized spacial score (nSPS) is 15.8. The third kappa shape index (κ3) is 1.68. The average Bonchev–Trinajstić information content (AvgIpc) is 2.91. The number of hydrogen-bond donors (Lipinski definition) is 0. The summed E-state index contributed by atoms with van der Waals surface area (Å²) in [5.74, 6) is 0.705. The van der Waals surface area contributed by atoms with E-state index in [9.17, 15) is 4.79 Å². The number of hydrogen-bond acceptors (Lipinski definition) is 1. The van der Waals surface area contributed by atoms with Crippen LogP contribution < -0.4 is 0 Å². The molecular formula is C11H11BrO. The van der Waals surface area contributed by atoms with E-state index in [2.05, 4.69) is 22.0 Å². The van der Waals surface area contributed by atoms with Gasteiger partial charge in [-0.25, -0.2) is 0 Å². The van der Waals surface area contributed by atoms with Crippen LogP contribution in [0.5, 0.6) is 0 Å². The second kappa shape index (κ2) is 3.26. The van der Waals surface area contributed by atoms with Gasteiger partial charge in [-0.3, -0.25) is 4.79 Å². The molecule has 0 radical (unpaired) electrons. The first-order chi connectivity index (χ1) is 6.22. The number of benzene rings is 1. The van der Waals surface area contributed by atoms with E-state index < -0.39 is 0 Å². The van der Waals surface area contributed by atoms with Crippen molar-refractivity contribution in [3.63, 3.8) is 0 Å². The lowest BCUT2D eigenvalue weighted by Crippen LogP contribution is -1.93. The van der Waals surface area contributed by atoms with E-state index >= 15 is 0 Å². The first kappa shape index (κ1) is 8.95. The molecule has 0 aliphatic heterocycles. The van der Waals surface area contributed by atoms with Crippen LogP contribution in [-0.4, -0.2) is 6.29 Å². The quantitative estimate of drug-likeness (QED) is 0.722. The number of aldehydes is 1. The Morgan fingerprint density at radius 1 is 1.46 bits per heavy atom. The van der Waals surface area contributed by atoms with Gasteiger partial charge in [-0.05, 0) is 48.9 Å². The van der Waals surface area contributed by atoms with Crippen molar-refractivity contribution in [2.24, 2.45) is 0 Å². The zero-order valence-electron chi connectivity index (χ0n) is 7.51. The van der Waals surface area contributed by atoms with Crippen LogP contribution in [0.2, 0.25) is 0 Å². The predicted molar refractivity (Wildman–Crippen MR) is 56.2 cm³/mol. The summed E-state index contributed by atoms with van der Waals surface area (Å²) in [4.78, 5) is 10.8. The highest BCUT2D eigenvalue weighted by Crippen LogP contribution is 2.42. The number of halogens is 1. The molecule has 0 saturated heterocycles. The first-order valence-corrected chi connectivity index (χ1v) is 5.27. The Balaban J connectivity index is 2.53. The minimum Gasteiger partial charge on any atom is -0.298 e. The summed E-state index contributed by atoms with van der Waals surface area (Å²) >= 11 is 3.43. The average molecular weight is 239 g/mol. The molecule has 2 rings (SSSR count). The third-order valence-electron chi connectivity index (χ3n) is 2.60. The van der Waals surface area contributed by atoms with Crippen LogP contribution >= 0.6 is 15.9 Å². The lowest BCUT2D eigenvalue weighted by atomic mass is 10.00. The van der Waals surface area contributed by atoms with Crippen molar-refractivity contribution in [3.8, 4) is 0 Å². The molecule has 1 nitrogen and oxygen atoms in total. The highest BCUT2D eigenvalue weighted by atomic mass is 79.9. The van der Waals surface area contributed by atoms with Crippen molar-refractivity contribution < 1.29 is 4.79 Å². The standard InChI is InChI=1S/C11H11BrO/c1-7-9(6-13)4-10(12)5-11(7)8-2-3-8/h4-6,8H,2-3H2,1H3. The van der Waals surface area contributed by atoms with Crippen LogP contribution in [0, 0.1) is 6.92 Å². The largest absolute Gasteiger partial charge is 0.298 e. The van der Waals surface area contributed by atoms with Crippen LogP contribution in [0.4, 0.5) is 0 Å². The van der Waals surface area contributed by atoms with Crippen molar-refractivity contribution in [2.45, 2.75) is 25.7 Å². The first-order valence-electron chi connectivity index (χ1n) is 4.47. The Bertz CT molecular complexity index is 353. The highest BCUT2D eigenvalue weighted by molar-refractivity contribution is 9.10. The van der Waals surface area contributed by atoms with E-state index in [1.807, 2.05) is 13.0 Å². The lowest BCUT2D eigenvalue weighted by molar-refractivity contribution is 0.112. The molecule has 1 aromatic rings. The highest BCUT2D eigenvalue weighted by Gasteiger charge is 2.26. The fraction of sp³-hybridized carbons (Fsp3) is 0.364. The summed E-state index contributed by atoms with van der Waals surface area (Å²) in [6.07, 6.45) is 3.48. The molecular weight excluding hydrogens is 228 g/mol. The Morgan fingerprint density at radius 2 is 2.15 bits per heavy atom. The topological polar surface area (TPSA) is 17.1 Å². The molecule has 0 N–H and O–H groups in total. The molecule has 13 heavy (non-hydrogen) atoms. The van der Waals surface area contributed by atoms with Crippen molar-refractivity contribution in [3.05, 3.63) is 33.3 Å². The monoisotopic (exact) mass is 238 g/mol. The Labute approximate surface area is 86.3 Å². The van der Waals surface area contributed by atoms with Crippen molar-refractivity contribution in [1.82, 2.24) is 0 Å². The van der Waals surface area contributed by atoms with Gasteiger partial charge in [-0.2, -0.15) is 0 Å². The van der Waals surface area contributed by atoms with Gasteiger partial charge < -0.3 is 0 Å². The molecule has 0 heterocycles. The molecule has 0 aromatic heterocycles. The van der Waals surface area contributed by atoms with E-state index in [0.29, 0.717) is 5.92 Å². The molecule has 1 fully saturated rings. The van der Waals surface area contributed by atoms with Gasteiger partial charge in [-0.15, -0.1) is 0 Å². The van der Waals surface area contributed by atoms with E-state index in [0.717, 1.165) is 21.9 Å². The van der Waals surface area contributed by atoms with Gasteiger partial charge in [0.25, 0.3) is 0 Å². The molecule has 1 saturated carbocycles. The molecule has 0 bridgehead atoms. The molecule has 0 amide bonds. The van der Waals surface area contributed by atoms with Crippen LogP contribution in [0.15, 0.2) is 16.6 Å². The number of rotatable bonds is 2. The maximum Gasteiger partial charge on any atom is 0.150 e. The molecule has 0 atom stereocenters. The van der Waals surface area contributed by atoms with Crippen molar-refractivity contribution in [2.75, 3.05) is 0 Å². The van der Waals surface area contributed by atoms with Crippen LogP contribution in [0.25, 0.3) is 0 Å². The van der Waals surface area contributed by atoms with E-state index in [1.54, 1.807) is 0 Å². The van der Waals surface area contributed by atoms with Gasteiger partial charge in [0.2, 0.25) is 0 Å². The summed E-state index contributed by atoms with van der Waals surface area (Å²) in [5.41, 5.74) is 3.31. The Kier molecular flexibility index (Phi) is 2.24. The van der Waals surface area contributed by atoms with Gasteiger partial charge in [0.05, 0.1) is 0 Å². The SMILES string of the molecule is Cc1c(C=O)cc(Br)cc1C1CC1. The van der Waals surface area contributed by atoms with Gasteiger partial charge in [0.15, 0.2) is 0 Å². The van der Waals surface area contributed by atoms with Crippen LogP contribution in [-0.2, 0) is 0 Å². The fourth-order valence-electron chi connectivity index (χ4n) is 1.66. The molecule has 0 spiro atoms. The minimum absolute atomic E-state index is 0.705. The molecule has 0 unspecified atom stereocenters. The maximum atomic E-state index is 10.8. The van der Waals surface area contributed by atoms with Crippen LogP contribution in [0.1, 0.15) is 40.2 Å². The van der Waals surface area contributed by atoms with Crippen molar-refractivity contribution in [1.29, 1.82) is 0 Å². The molecule has 1 aliphatic carbocycles. The smallest absolute Gasteiger partial charge is 0.150 e. The maximum absolute atomic E-state index is 10.8. The second-order valence-electron chi connectivity index (χ2n) is 3.60. The predicted octanol–water partition coefficient (Wildman–Crippen LogP) is 3.45. The van der Waals surface area contributed by atoms with Crippen molar-refractivity contribution >= 4 is 22.2 Å². The molecule has 1 aliphatic rings. The van der Waals surface area contributed by atoms with Gasteiger partial charge in [0.1, 0.15) is 6.29 Å². The van der Waals surface area contributed by atoms with E-state index in [1.165, 1.54) is 18.4 Å². The lowest BCUT2D eigenvalue weighted by Gasteiger charge is -2.07. The number of carbonyl (C=O) groups excluding carboxylic acids is 1. The third-order valence-corrected chi connectivity index (χ3v) is 3.05. The van der Waals surface area contributed by atoms with Crippen LogP contribution in [0.3, 0.4) is 0 Å². The zero-order chi connectivity index (χ0) is 9.42. The van der Waals surface area contributed by atoms with Gasteiger partial charge >= 0.3 is 0 Å². The second-order valence-corrected chi connectivity index (χ2v) is 4.52. The summed E-state index contributed by atoms with van der Waals surface area (Å²) < 4.78 is 1.02.